The first-order chi connectivity index (χ1) is 7.29. The maximum Gasteiger partial charge on any atom is 0.254 e. The third-order valence-electron chi connectivity index (χ3n) is 2.58. The molecule has 0 aromatic heterocycles. The van der Waals surface area contributed by atoms with Crippen LogP contribution in [-0.2, 0) is 14.4 Å². The van der Waals surface area contributed by atoms with Crippen LogP contribution in [0.25, 0.3) is 0 Å². The molecule has 4 heteroatoms. The smallest absolute Gasteiger partial charge is 0.254 e. The van der Waals surface area contributed by atoms with Crippen molar-refractivity contribution in [1.82, 2.24) is 4.90 Å². The Morgan fingerprint density at radius 1 is 1.25 bits per heavy atom. The third-order valence-corrected chi connectivity index (χ3v) is 2.58. The number of amides is 2. The van der Waals surface area contributed by atoms with Gasteiger partial charge in [0, 0.05) is 17.6 Å². The van der Waals surface area contributed by atoms with Crippen molar-refractivity contribution in [3.63, 3.8) is 0 Å². The van der Waals surface area contributed by atoms with Crippen LogP contribution >= 0.6 is 0 Å². The number of carbonyl (C=O) groups excluding carboxylic acids is 3. The minimum atomic E-state index is -0.644. The quantitative estimate of drug-likeness (QED) is 0.678. The Morgan fingerprint density at radius 3 is 2.00 bits per heavy atom. The zero-order chi connectivity index (χ0) is 12.5. The average Bonchev–Trinajstić information content (AvgIpc) is 2.49. The molecular weight excluding hydrogens is 206 g/mol. The molecule has 1 aliphatic heterocycles. The molecule has 1 rings (SSSR count). The Hall–Kier alpha value is -1.45. The van der Waals surface area contributed by atoms with Crippen molar-refractivity contribution in [2.75, 3.05) is 0 Å². The summed E-state index contributed by atoms with van der Waals surface area (Å²) >= 11 is 0. The van der Waals surface area contributed by atoms with Crippen LogP contribution in [-0.4, -0.2) is 28.5 Å². The molecule has 0 saturated heterocycles. The summed E-state index contributed by atoms with van der Waals surface area (Å²) in [5.74, 6) is -0.871. The van der Waals surface area contributed by atoms with E-state index < -0.39 is 23.3 Å². The monoisotopic (exact) mass is 223 g/mol. The van der Waals surface area contributed by atoms with Crippen molar-refractivity contribution in [3.8, 4) is 0 Å². The van der Waals surface area contributed by atoms with Crippen molar-refractivity contribution in [2.24, 2.45) is 5.41 Å². The second-order valence-electron chi connectivity index (χ2n) is 4.92. The van der Waals surface area contributed by atoms with Crippen molar-refractivity contribution < 1.29 is 14.4 Å². The number of ketones is 1. The van der Waals surface area contributed by atoms with E-state index in [0.717, 1.165) is 4.90 Å². The number of hydrogen-bond donors (Lipinski definition) is 0. The van der Waals surface area contributed by atoms with Gasteiger partial charge < -0.3 is 0 Å². The van der Waals surface area contributed by atoms with E-state index in [4.69, 9.17) is 0 Å². The maximum absolute atomic E-state index is 12.1. The molecule has 0 aromatic carbocycles. The predicted molar refractivity (Wildman–Crippen MR) is 59.5 cm³/mol. The summed E-state index contributed by atoms with van der Waals surface area (Å²) in [7, 11) is 0. The lowest BCUT2D eigenvalue weighted by Gasteiger charge is -2.29. The summed E-state index contributed by atoms with van der Waals surface area (Å²) in [6.45, 7) is 7.16. The molecular formula is C12H17NO3. The first-order valence-electron chi connectivity index (χ1n) is 5.38. The number of Topliss-reactive ketones (excluding diaryl/α,β-unsaturated/α-hetero) is 1. The van der Waals surface area contributed by atoms with Crippen LogP contribution in [0, 0.1) is 5.41 Å². The summed E-state index contributed by atoms with van der Waals surface area (Å²) in [5, 5.41) is 0. The van der Waals surface area contributed by atoms with E-state index in [1.165, 1.54) is 12.2 Å². The van der Waals surface area contributed by atoms with Gasteiger partial charge in [-0.1, -0.05) is 27.7 Å². The summed E-state index contributed by atoms with van der Waals surface area (Å²) < 4.78 is 0. The van der Waals surface area contributed by atoms with Gasteiger partial charge in [-0.15, -0.1) is 0 Å². The minimum absolute atomic E-state index is 0.0830. The highest BCUT2D eigenvalue weighted by molar-refractivity contribution is 6.15. The van der Waals surface area contributed by atoms with Crippen molar-refractivity contribution >= 4 is 17.6 Å². The minimum Gasteiger partial charge on any atom is -0.297 e. The fraction of sp³-hybridized carbons (Fsp3) is 0.583. The highest BCUT2D eigenvalue weighted by atomic mass is 16.2. The van der Waals surface area contributed by atoms with Gasteiger partial charge in [0.15, 0.2) is 5.78 Å². The van der Waals surface area contributed by atoms with Crippen molar-refractivity contribution in [2.45, 2.75) is 40.2 Å². The Balaban J connectivity index is 2.96. The average molecular weight is 223 g/mol. The zero-order valence-corrected chi connectivity index (χ0v) is 10.1. The van der Waals surface area contributed by atoms with Gasteiger partial charge in [-0.05, 0) is 6.42 Å². The topological polar surface area (TPSA) is 54.5 Å². The van der Waals surface area contributed by atoms with Gasteiger partial charge in [-0.25, -0.2) is 0 Å². The molecule has 1 atom stereocenters. The van der Waals surface area contributed by atoms with Gasteiger partial charge in [-0.3, -0.25) is 19.3 Å². The second-order valence-corrected chi connectivity index (χ2v) is 4.92. The van der Waals surface area contributed by atoms with Gasteiger partial charge in [0.05, 0.1) is 6.04 Å². The summed E-state index contributed by atoms with van der Waals surface area (Å²) in [5.41, 5.74) is -0.552. The first-order valence-corrected chi connectivity index (χ1v) is 5.38. The van der Waals surface area contributed by atoms with Crippen LogP contribution in [0.15, 0.2) is 12.2 Å². The molecule has 2 amide bonds. The standard InChI is InChI=1S/C12H17NO3/c1-5-8(11(16)12(2,3)4)13-9(14)6-7-10(13)15/h6-8H,5H2,1-4H3. The molecule has 0 bridgehead atoms. The highest BCUT2D eigenvalue weighted by Gasteiger charge is 2.38. The number of hydrogen-bond acceptors (Lipinski definition) is 3. The van der Waals surface area contributed by atoms with Crippen LogP contribution in [0.3, 0.4) is 0 Å². The lowest BCUT2D eigenvalue weighted by molar-refractivity contribution is -0.147. The summed E-state index contributed by atoms with van der Waals surface area (Å²) in [6.07, 6.45) is 2.87. The summed E-state index contributed by atoms with van der Waals surface area (Å²) in [4.78, 5) is 36.1. The lowest BCUT2D eigenvalue weighted by Crippen LogP contribution is -2.48. The molecule has 88 valence electrons. The number of carbonyl (C=O) groups is 3. The molecule has 4 nitrogen and oxygen atoms in total. The van der Waals surface area contributed by atoms with E-state index in [-0.39, 0.29) is 5.78 Å². The Bertz CT molecular complexity index is 345. The molecule has 16 heavy (non-hydrogen) atoms. The molecule has 0 aromatic rings. The van der Waals surface area contributed by atoms with Crippen LogP contribution in [0.4, 0.5) is 0 Å². The van der Waals surface area contributed by atoms with E-state index in [1.807, 2.05) is 0 Å². The Labute approximate surface area is 95.3 Å². The number of rotatable bonds is 3. The van der Waals surface area contributed by atoms with E-state index in [2.05, 4.69) is 0 Å². The highest BCUT2D eigenvalue weighted by Crippen LogP contribution is 2.23. The Morgan fingerprint density at radius 2 is 1.69 bits per heavy atom. The molecule has 0 N–H and O–H groups in total. The van der Waals surface area contributed by atoms with Gasteiger partial charge >= 0.3 is 0 Å². The van der Waals surface area contributed by atoms with Crippen LogP contribution in [0.2, 0.25) is 0 Å². The fourth-order valence-electron chi connectivity index (χ4n) is 1.70. The second kappa shape index (κ2) is 4.20. The zero-order valence-electron chi connectivity index (χ0n) is 10.1. The fourth-order valence-corrected chi connectivity index (χ4v) is 1.70. The predicted octanol–water partition coefficient (Wildman–Crippen LogP) is 1.31. The molecule has 1 unspecified atom stereocenters. The van der Waals surface area contributed by atoms with E-state index in [9.17, 15) is 14.4 Å². The molecule has 0 fully saturated rings. The maximum atomic E-state index is 12.1. The Kier molecular flexibility index (Phi) is 3.31. The molecule has 0 radical (unpaired) electrons. The van der Waals surface area contributed by atoms with Crippen LogP contribution in [0.5, 0.6) is 0 Å². The largest absolute Gasteiger partial charge is 0.297 e. The van der Waals surface area contributed by atoms with Gasteiger partial charge in [0.1, 0.15) is 0 Å². The van der Waals surface area contributed by atoms with E-state index >= 15 is 0 Å². The van der Waals surface area contributed by atoms with E-state index in [1.54, 1.807) is 27.7 Å². The number of nitrogens with zero attached hydrogens (tertiary/aromatic N) is 1. The first kappa shape index (κ1) is 12.6. The number of imide groups is 1. The summed E-state index contributed by atoms with van der Waals surface area (Å²) in [6, 6.07) is -0.644. The van der Waals surface area contributed by atoms with Crippen molar-refractivity contribution in [3.05, 3.63) is 12.2 Å². The van der Waals surface area contributed by atoms with Crippen LogP contribution < -0.4 is 0 Å². The molecule has 0 aliphatic carbocycles. The SMILES string of the molecule is CCC(C(=O)C(C)(C)C)N1C(=O)C=CC1=O. The normalized spacial score (nSPS) is 18.1. The van der Waals surface area contributed by atoms with Gasteiger partial charge in [0.25, 0.3) is 11.8 Å². The molecule has 1 aliphatic rings. The molecule has 0 saturated carbocycles. The van der Waals surface area contributed by atoms with Gasteiger partial charge in [-0.2, -0.15) is 0 Å². The van der Waals surface area contributed by atoms with E-state index in [0.29, 0.717) is 6.42 Å². The van der Waals surface area contributed by atoms with Crippen molar-refractivity contribution in [1.29, 1.82) is 0 Å². The molecule has 0 spiro atoms. The lowest BCUT2D eigenvalue weighted by atomic mass is 9.85. The van der Waals surface area contributed by atoms with Gasteiger partial charge in [0.2, 0.25) is 0 Å². The third kappa shape index (κ3) is 2.21. The van der Waals surface area contributed by atoms with Crippen LogP contribution in [0.1, 0.15) is 34.1 Å². The molecule has 1 heterocycles.